The quantitative estimate of drug-likeness (QED) is 0.703. The van der Waals surface area contributed by atoms with Crippen LogP contribution in [0.25, 0.3) is 0 Å². The fraction of sp³-hybridized carbons (Fsp3) is 0.200. The molecule has 0 radical (unpaired) electrons. The molecule has 2 aromatic rings. The Kier molecular flexibility index (Phi) is 3.40. The van der Waals surface area contributed by atoms with Gasteiger partial charge in [-0.1, -0.05) is 0 Å². The Hall–Kier alpha value is -2.13. The SMILES string of the molecule is Cn1ncc(CNc2ccc(S(N)(=O)=O)cn2)c1N. The number of nitrogens with zero attached hydrogens (tertiary/aromatic N) is 3. The van der Waals surface area contributed by atoms with Crippen molar-refractivity contribution < 1.29 is 8.42 Å². The van der Waals surface area contributed by atoms with Gasteiger partial charge < -0.3 is 11.1 Å². The molecule has 0 unspecified atom stereocenters. The van der Waals surface area contributed by atoms with E-state index in [1.165, 1.54) is 18.3 Å². The van der Waals surface area contributed by atoms with E-state index in [-0.39, 0.29) is 4.90 Å². The lowest BCUT2D eigenvalue weighted by Crippen LogP contribution is -2.12. The molecule has 0 aliphatic carbocycles. The van der Waals surface area contributed by atoms with Crippen molar-refractivity contribution in [2.24, 2.45) is 12.2 Å². The molecule has 5 N–H and O–H groups in total. The number of nitrogen functional groups attached to an aromatic ring is 1. The number of hydrogen-bond acceptors (Lipinski definition) is 6. The van der Waals surface area contributed by atoms with Crippen molar-refractivity contribution in [3.05, 3.63) is 30.1 Å². The molecule has 0 atom stereocenters. The van der Waals surface area contributed by atoms with Crippen LogP contribution in [0.5, 0.6) is 0 Å². The van der Waals surface area contributed by atoms with Crippen LogP contribution in [-0.2, 0) is 23.6 Å². The summed E-state index contributed by atoms with van der Waals surface area (Å²) in [4.78, 5) is 3.93. The maximum atomic E-state index is 11.1. The average molecular weight is 282 g/mol. The largest absolute Gasteiger partial charge is 0.384 e. The first kappa shape index (κ1) is 13.3. The van der Waals surface area contributed by atoms with Crippen molar-refractivity contribution in [2.45, 2.75) is 11.4 Å². The zero-order chi connectivity index (χ0) is 14.0. The van der Waals surface area contributed by atoms with Gasteiger partial charge in [0.2, 0.25) is 10.0 Å². The van der Waals surface area contributed by atoms with Gasteiger partial charge in [0.1, 0.15) is 16.5 Å². The number of hydrogen-bond donors (Lipinski definition) is 3. The number of sulfonamides is 1. The highest BCUT2D eigenvalue weighted by molar-refractivity contribution is 7.89. The van der Waals surface area contributed by atoms with Crippen molar-refractivity contribution >= 4 is 21.7 Å². The smallest absolute Gasteiger partial charge is 0.239 e. The summed E-state index contributed by atoms with van der Waals surface area (Å²) < 4.78 is 23.7. The van der Waals surface area contributed by atoms with Gasteiger partial charge in [-0.05, 0) is 12.1 Å². The predicted molar refractivity (Wildman–Crippen MR) is 70.6 cm³/mol. The summed E-state index contributed by atoms with van der Waals surface area (Å²) in [5.74, 6) is 1.09. The second kappa shape index (κ2) is 4.86. The monoisotopic (exact) mass is 282 g/mol. The third-order valence-electron chi connectivity index (χ3n) is 2.59. The van der Waals surface area contributed by atoms with E-state index in [0.717, 1.165) is 5.56 Å². The first-order valence-electron chi connectivity index (χ1n) is 5.37. The highest BCUT2D eigenvalue weighted by Gasteiger charge is 2.08. The summed E-state index contributed by atoms with van der Waals surface area (Å²) in [6.45, 7) is 0.446. The van der Waals surface area contributed by atoms with E-state index in [9.17, 15) is 8.42 Å². The van der Waals surface area contributed by atoms with Crippen molar-refractivity contribution in [2.75, 3.05) is 11.1 Å². The number of aromatic nitrogens is 3. The number of pyridine rings is 1. The van der Waals surface area contributed by atoms with E-state index in [2.05, 4.69) is 15.4 Å². The average Bonchev–Trinajstić information content (AvgIpc) is 2.67. The highest BCUT2D eigenvalue weighted by Crippen LogP contribution is 2.13. The molecule has 2 rings (SSSR count). The van der Waals surface area contributed by atoms with Crippen LogP contribution >= 0.6 is 0 Å². The van der Waals surface area contributed by atoms with Crippen molar-refractivity contribution in [3.8, 4) is 0 Å². The molecule has 0 aliphatic rings. The fourth-order valence-corrected chi connectivity index (χ4v) is 1.92. The van der Waals surface area contributed by atoms with Crippen LogP contribution in [0, 0.1) is 0 Å². The van der Waals surface area contributed by atoms with Gasteiger partial charge in [-0.25, -0.2) is 18.5 Å². The first-order chi connectivity index (χ1) is 8.88. The molecule has 8 nitrogen and oxygen atoms in total. The van der Waals surface area contributed by atoms with Gasteiger partial charge >= 0.3 is 0 Å². The van der Waals surface area contributed by atoms with E-state index in [0.29, 0.717) is 18.2 Å². The second-order valence-electron chi connectivity index (χ2n) is 3.96. The van der Waals surface area contributed by atoms with E-state index < -0.39 is 10.0 Å². The Labute approximate surface area is 110 Å². The van der Waals surface area contributed by atoms with Crippen LogP contribution in [0.4, 0.5) is 11.6 Å². The Balaban J connectivity index is 2.07. The van der Waals surface area contributed by atoms with E-state index >= 15 is 0 Å². The summed E-state index contributed by atoms with van der Waals surface area (Å²) in [6.07, 6.45) is 2.85. The molecule has 19 heavy (non-hydrogen) atoms. The molecular weight excluding hydrogens is 268 g/mol. The number of primary sulfonamides is 1. The number of nitrogens with two attached hydrogens (primary N) is 2. The van der Waals surface area contributed by atoms with Gasteiger partial charge in [-0.15, -0.1) is 0 Å². The van der Waals surface area contributed by atoms with Crippen LogP contribution in [-0.4, -0.2) is 23.2 Å². The molecule has 0 fully saturated rings. The van der Waals surface area contributed by atoms with Gasteiger partial charge in [0, 0.05) is 25.4 Å². The van der Waals surface area contributed by atoms with Gasteiger partial charge in [0.05, 0.1) is 6.20 Å². The minimum atomic E-state index is -3.71. The fourth-order valence-electron chi connectivity index (χ4n) is 1.47. The molecular formula is C10H14N6O2S. The van der Waals surface area contributed by atoms with Gasteiger partial charge in [-0.3, -0.25) is 4.68 Å². The Morgan fingerprint density at radius 2 is 2.11 bits per heavy atom. The summed E-state index contributed by atoms with van der Waals surface area (Å²) in [5, 5.41) is 12.0. The summed E-state index contributed by atoms with van der Waals surface area (Å²) >= 11 is 0. The van der Waals surface area contributed by atoms with E-state index in [1.54, 1.807) is 17.9 Å². The summed E-state index contributed by atoms with van der Waals surface area (Å²) in [5.41, 5.74) is 6.63. The number of nitrogens with one attached hydrogen (secondary N) is 1. The standard InChI is InChI=1S/C10H14N6O2S/c1-16-10(11)7(5-15-16)4-13-9-3-2-8(6-14-9)19(12,17)18/h2-3,5-6H,4,11H2,1H3,(H,13,14)(H2,12,17,18). The number of anilines is 2. The first-order valence-corrected chi connectivity index (χ1v) is 6.91. The molecule has 0 spiro atoms. The lowest BCUT2D eigenvalue weighted by molar-refractivity contribution is 0.597. The zero-order valence-corrected chi connectivity index (χ0v) is 11.1. The molecule has 2 aromatic heterocycles. The number of rotatable bonds is 4. The van der Waals surface area contributed by atoms with Crippen LogP contribution in [0.2, 0.25) is 0 Å². The van der Waals surface area contributed by atoms with Gasteiger partial charge in [0.15, 0.2) is 0 Å². The molecule has 0 saturated carbocycles. The topological polar surface area (TPSA) is 129 Å². The Morgan fingerprint density at radius 1 is 1.37 bits per heavy atom. The molecule has 9 heteroatoms. The molecule has 2 heterocycles. The molecule has 0 aliphatic heterocycles. The molecule has 102 valence electrons. The van der Waals surface area contributed by atoms with Crippen molar-refractivity contribution in [3.63, 3.8) is 0 Å². The minimum absolute atomic E-state index is 0.0288. The van der Waals surface area contributed by atoms with Crippen LogP contribution < -0.4 is 16.2 Å². The zero-order valence-electron chi connectivity index (χ0n) is 10.2. The van der Waals surface area contributed by atoms with Gasteiger partial charge in [-0.2, -0.15) is 5.10 Å². The summed E-state index contributed by atoms with van der Waals surface area (Å²) in [6, 6.07) is 2.92. The van der Waals surface area contributed by atoms with Crippen molar-refractivity contribution in [1.29, 1.82) is 0 Å². The van der Waals surface area contributed by atoms with Crippen molar-refractivity contribution in [1.82, 2.24) is 14.8 Å². The molecule has 0 saturated heterocycles. The minimum Gasteiger partial charge on any atom is -0.384 e. The highest BCUT2D eigenvalue weighted by atomic mass is 32.2. The van der Waals surface area contributed by atoms with Crippen LogP contribution in [0.1, 0.15) is 5.56 Å². The normalized spacial score (nSPS) is 11.5. The predicted octanol–water partition coefficient (Wildman–Crippen LogP) is -0.343. The number of aryl methyl sites for hydroxylation is 1. The maximum absolute atomic E-state index is 11.1. The maximum Gasteiger partial charge on any atom is 0.239 e. The van der Waals surface area contributed by atoms with Gasteiger partial charge in [0.25, 0.3) is 0 Å². The van der Waals surface area contributed by atoms with E-state index in [4.69, 9.17) is 10.9 Å². The Bertz CT molecular complexity index is 677. The van der Waals surface area contributed by atoms with E-state index in [1.807, 2.05) is 0 Å². The summed E-state index contributed by atoms with van der Waals surface area (Å²) in [7, 11) is -1.97. The second-order valence-corrected chi connectivity index (χ2v) is 5.52. The lowest BCUT2D eigenvalue weighted by Gasteiger charge is -2.05. The molecule has 0 amide bonds. The molecule has 0 bridgehead atoms. The van der Waals surface area contributed by atoms with Crippen LogP contribution in [0.3, 0.4) is 0 Å². The third kappa shape index (κ3) is 3.01. The molecule has 0 aromatic carbocycles. The van der Waals surface area contributed by atoms with Crippen LogP contribution in [0.15, 0.2) is 29.4 Å². The lowest BCUT2D eigenvalue weighted by atomic mass is 10.3. The Morgan fingerprint density at radius 3 is 2.58 bits per heavy atom. The third-order valence-corrected chi connectivity index (χ3v) is 3.49.